The van der Waals surface area contributed by atoms with Crippen molar-refractivity contribution in [3.63, 3.8) is 0 Å². The molecule has 0 aliphatic carbocycles. The van der Waals surface area contributed by atoms with Crippen LogP contribution in [-0.2, 0) is 22.9 Å². The predicted octanol–water partition coefficient (Wildman–Crippen LogP) is 1.07. The Morgan fingerprint density at radius 1 is 1.38 bits per heavy atom. The second kappa shape index (κ2) is 8.52. The van der Waals surface area contributed by atoms with Gasteiger partial charge in [0.05, 0.1) is 6.61 Å². The molecular formula is C3H10O8P2. The quantitative estimate of drug-likeness (QED) is 0.375. The van der Waals surface area contributed by atoms with Gasteiger partial charge in [-0.3, -0.25) is 4.52 Å². The summed E-state index contributed by atoms with van der Waals surface area (Å²) in [4.78, 5) is 16.1. The first kappa shape index (κ1) is 15.4. The minimum absolute atomic E-state index is 0.115. The van der Waals surface area contributed by atoms with E-state index in [0.29, 0.717) is 6.42 Å². The summed E-state index contributed by atoms with van der Waals surface area (Å²) in [5.41, 5.74) is 0. The van der Waals surface area contributed by atoms with E-state index in [-0.39, 0.29) is 6.61 Å². The Morgan fingerprint density at radius 3 is 1.85 bits per heavy atom. The van der Waals surface area contributed by atoms with E-state index in [0.717, 1.165) is 0 Å². The molecule has 0 radical (unpaired) electrons. The maximum Gasteiger partial charge on any atom is 0.496 e. The normalized spacial score (nSPS) is 10.2. The first-order chi connectivity index (χ1) is 5.83. The monoisotopic (exact) mass is 236 g/mol. The highest BCUT2D eigenvalue weighted by Crippen LogP contribution is 2.35. The van der Waals surface area contributed by atoms with Gasteiger partial charge in [-0.1, -0.05) is 6.92 Å². The second-order valence-corrected chi connectivity index (χ2v) is 3.48. The fraction of sp³-hybridized carbons (Fsp3) is 1.00. The Balaban J connectivity index is 0. The average molecular weight is 236 g/mol. The Kier molecular flexibility index (Phi) is 10.1. The molecule has 3 N–H and O–H groups in total. The lowest BCUT2D eigenvalue weighted by Crippen LogP contribution is -1.88. The van der Waals surface area contributed by atoms with Crippen LogP contribution in [-0.4, -0.2) is 21.7 Å². The summed E-state index contributed by atoms with van der Waals surface area (Å²) in [5.74, 6) is 0. The highest BCUT2D eigenvalue weighted by Gasteiger charge is 2.11. The van der Waals surface area contributed by atoms with Crippen molar-refractivity contribution in [2.75, 3.05) is 6.61 Å². The van der Waals surface area contributed by atoms with E-state index in [1.54, 1.807) is 6.92 Å². The van der Waals surface area contributed by atoms with Gasteiger partial charge in [0.15, 0.2) is 0 Å². The highest BCUT2D eigenvalue weighted by atomic mass is 31.2. The van der Waals surface area contributed by atoms with Crippen LogP contribution in [0.3, 0.4) is 0 Å². The van der Waals surface area contributed by atoms with Gasteiger partial charge in [0.25, 0.3) is 0 Å². The molecular weight excluding hydrogens is 226 g/mol. The molecule has 8 nitrogen and oxygen atoms in total. The van der Waals surface area contributed by atoms with Gasteiger partial charge in [-0.15, -0.1) is 4.67 Å². The SMILES string of the molecule is CCCOP(=O)(O)O.O=P(=O)OO. The molecule has 0 aromatic heterocycles. The van der Waals surface area contributed by atoms with Crippen LogP contribution in [0.15, 0.2) is 0 Å². The van der Waals surface area contributed by atoms with Crippen LogP contribution in [0.5, 0.6) is 0 Å². The molecule has 0 atom stereocenters. The van der Waals surface area contributed by atoms with Crippen LogP contribution in [0, 0.1) is 0 Å². The number of hydrogen-bond donors (Lipinski definition) is 3. The molecule has 0 aromatic rings. The van der Waals surface area contributed by atoms with Crippen LogP contribution in [0.25, 0.3) is 0 Å². The first-order valence-corrected chi connectivity index (χ1v) is 5.62. The topological polar surface area (TPSA) is 130 Å². The summed E-state index contributed by atoms with van der Waals surface area (Å²) in [6.07, 6.45) is 0.616. The van der Waals surface area contributed by atoms with Gasteiger partial charge in [-0.2, -0.15) is 0 Å². The molecule has 13 heavy (non-hydrogen) atoms. The smallest absolute Gasteiger partial charge is 0.303 e. The van der Waals surface area contributed by atoms with Crippen molar-refractivity contribution in [2.45, 2.75) is 13.3 Å². The zero-order valence-electron chi connectivity index (χ0n) is 6.69. The molecule has 0 aromatic carbocycles. The van der Waals surface area contributed by atoms with E-state index < -0.39 is 15.7 Å². The number of phosphoric acid groups is 1. The van der Waals surface area contributed by atoms with E-state index in [2.05, 4.69) is 9.20 Å². The zero-order chi connectivity index (χ0) is 10.9. The van der Waals surface area contributed by atoms with E-state index in [9.17, 15) is 4.57 Å². The van der Waals surface area contributed by atoms with Gasteiger partial charge in [0, 0.05) is 0 Å². The van der Waals surface area contributed by atoms with Gasteiger partial charge in [0.2, 0.25) is 0 Å². The maximum atomic E-state index is 9.86. The Labute approximate surface area is 74.6 Å². The van der Waals surface area contributed by atoms with Crippen LogP contribution < -0.4 is 0 Å². The third-order valence-corrected chi connectivity index (χ3v) is 1.18. The molecule has 0 heterocycles. The largest absolute Gasteiger partial charge is 0.496 e. The third kappa shape index (κ3) is 24.5. The molecule has 0 saturated carbocycles. The van der Waals surface area contributed by atoms with Crippen LogP contribution in [0.1, 0.15) is 13.3 Å². The molecule has 0 amide bonds. The lowest BCUT2D eigenvalue weighted by Gasteiger charge is -2.00. The zero-order valence-corrected chi connectivity index (χ0v) is 8.48. The van der Waals surface area contributed by atoms with Gasteiger partial charge in [-0.25, -0.2) is 19.0 Å². The molecule has 0 saturated heterocycles. The molecule has 0 aliphatic rings. The Hall–Kier alpha value is -0.0700. The fourth-order valence-corrected chi connectivity index (χ4v) is 0.631. The van der Waals surface area contributed by atoms with Crippen LogP contribution in [0.4, 0.5) is 0 Å². The van der Waals surface area contributed by atoms with Gasteiger partial charge < -0.3 is 9.79 Å². The molecule has 0 rings (SSSR count). The van der Waals surface area contributed by atoms with Gasteiger partial charge in [0.1, 0.15) is 0 Å². The Bertz CT molecular complexity index is 207. The van der Waals surface area contributed by atoms with E-state index in [4.69, 9.17) is 24.2 Å². The van der Waals surface area contributed by atoms with E-state index >= 15 is 0 Å². The maximum absolute atomic E-state index is 9.86. The predicted molar refractivity (Wildman–Crippen MR) is 40.3 cm³/mol. The van der Waals surface area contributed by atoms with Crippen LogP contribution in [0.2, 0.25) is 0 Å². The van der Waals surface area contributed by atoms with Gasteiger partial charge >= 0.3 is 15.7 Å². The number of phosphoric ester groups is 1. The molecule has 0 fully saturated rings. The Morgan fingerprint density at radius 2 is 1.77 bits per heavy atom. The van der Waals surface area contributed by atoms with Gasteiger partial charge in [-0.05, 0) is 6.42 Å². The number of rotatable bonds is 4. The minimum Gasteiger partial charge on any atom is -0.303 e. The molecule has 0 aliphatic heterocycles. The van der Waals surface area contributed by atoms with Crippen molar-refractivity contribution >= 4 is 15.7 Å². The van der Waals surface area contributed by atoms with E-state index in [1.165, 1.54) is 0 Å². The first-order valence-electron chi connectivity index (χ1n) is 2.99. The molecule has 80 valence electrons. The lowest BCUT2D eigenvalue weighted by atomic mass is 10.5. The van der Waals surface area contributed by atoms with E-state index in [1.807, 2.05) is 0 Å². The summed E-state index contributed by atoms with van der Waals surface area (Å²) in [6, 6.07) is 0. The van der Waals surface area contributed by atoms with Crippen molar-refractivity contribution in [1.82, 2.24) is 0 Å². The molecule has 0 spiro atoms. The average Bonchev–Trinajstić information content (AvgIpc) is 2.00. The standard InChI is InChI=1S/C3H9O4P.HO4P/c1-2-3-7-8(4,5)6;1-4-5(2)3/h2-3H2,1H3,(H2,4,5,6);1H. The molecule has 0 unspecified atom stereocenters. The highest BCUT2D eigenvalue weighted by molar-refractivity contribution is 7.46. The fourth-order valence-electron chi connectivity index (χ4n) is 0.210. The van der Waals surface area contributed by atoms with Crippen LogP contribution >= 0.6 is 15.7 Å². The number of hydrogen-bond acceptors (Lipinski definition) is 6. The summed E-state index contributed by atoms with van der Waals surface area (Å²) >= 11 is 0. The second-order valence-electron chi connectivity index (χ2n) is 1.63. The van der Waals surface area contributed by atoms with Crippen molar-refractivity contribution in [1.29, 1.82) is 0 Å². The van der Waals surface area contributed by atoms with Crippen molar-refractivity contribution in [3.8, 4) is 0 Å². The minimum atomic E-state index is -4.18. The van der Waals surface area contributed by atoms with Crippen molar-refractivity contribution < 1.29 is 37.9 Å². The molecule has 10 heteroatoms. The summed E-state index contributed by atoms with van der Waals surface area (Å²) in [5, 5.41) is 7.05. The summed E-state index contributed by atoms with van der Waals surface area (Å²) in [6.45, 7) is 1.89. The van der Waals surface area contributed by atoms with Crippen molar-refractivity contribution in [3.05, 3.63) is 0 Å². The van der Waals surface area contributed by atoms with Crippen molar-refractivity contribution in [2.24, 2.45) is 0 Å². The summed E-state index contributed by atoms with van der Waals surface area (Å²) < 4.78 is 34.5. The third-order valence-electron chi connectivity index (χ3n) is 0.530. The lowest BCUT2D eigenvalue weighted by molar-refractivity contribution is -0.132. The molecule has 0 bridgehead atoms. The summed E-state index contributed by atoms with van der Waals surface area (Å²) in [7, 11) is -7.22.